The van der Waals surface area contributed by atoms with Gasteiger partial charge in [0.15, 0.2) is 5.11 Å². The summed E-state index contributed by atoms with van der Waals surface area (Å²) in [5.74, 6) is -1.09. The second-order valence-electron chi connectivity index (χ2n) is 7.19. The highest BCUT2D eigenvalue weighted by atomic mass is 79.9. The minimum absolute atomic E-state index is 0.0709. The molecular weight excluding hydrogens is 458 g/mol. The summed E-state index contributed by atoms with van der Waals surface area (Å²) in [5.41, 5.74) is 0.435. The summed E-state index contributed by atoms with van der Waals surface area (Å²) in [6.45, 7) is 0.792. The molecule has 1 saturated carbocycles. The average Bonchev–Trinajstić information content (AvgIpc) is 2.70. The SMILES string of the molecule is O=C(CC1C(=O)NCCN1C(=S)NC(=O)c1ccccc1Br)OC1CCCCC1. The number of hydrogen-bond donors (Lipinski definition) is 2. The summed E-state index contributed by atoms with van der Waals surface area (Å²) < 4.78 is 6.20. The van der Waals surface area contributed by atoms with Crippen LogP contribution in [0.1, 0.15) is 48.9 Å². The van der Waals surface area contributed by atoms with Crippen molar-refractivity contribution in [3.05, 3.63) is 34.3 Å². The van der Waals surface area contributed by atoms with Crippen LogP contribution in [-0.4, -0.2) is 53.0 Å². The minimum atomic E-state index is -0.799. The fraction of sp³-hybridized carbons (Fsp3) is 0.500. The topological polar surface area (TPSA) is 87.7 Å². The number of piperazine rings is 1. The van der Waals surface area contributed by atoms with Gasteiger partial charge in [-0.05, 0) is 66.0 Å². The van der Waals surface area contributed by atoms with E-state index in [2.05, 4.69) is 26.6 Å². The predicted molar refractivity (Wildman–Crippen MR) is 115 cm³/mol. The molecule has 7 nitrogen and oxygen atoms in total. The number of hydrogen-bond acceptors (Lipinski definition) is 5. The first kappa shape index (κ1) is 21.7. The second kappa shape index (κ2) is 10.2. The van der Waals surface area contributed by atoms with E-state index in [1.54, 1.807) is 23.1 Å². The van der Waals surface area contributed by atoms with Gasteiger partial charge in [-0.3, -0.25) is 19.7 Å². The molecule has 0 aromatic heterocycles. The molecule has 1 unspecified atom stereocenters. The first-order valence-electron chi connectivity index (χ1n) is 9.79. The number of nitrogens with zero attached hydrogens (tertiary/aromatic N) is 1. The van der Waals surface area contributed by atoms with Gasteiger partial charge in [0.2, 0.25) is 5.91 Å². The molecule has 2 amide bonds. The van der Waals surface area contributed by atoms with Gasteiger partial charge in [-0.25, -0.2) is 0 Å². The molecule has 0 bridgehead atoms. The quantitative estimate of drug-likeness (QED) is 0.507. The molecule has 29 heavy (non-hydrogen) atoms. The zero-order chi connectivity index (χ0) is 20.8. The van der Waals surface area contributed by atoms with Gasteiger partial charge in [0.25, 0.3) is 5.91 Å². The predicted octanol–water partition coefficient (Wildman–Crippen LogP) is 2.53. The van der Waals surface area contributed by atoms with Crippen LogP contribution in [0, 0.1) is 0 Å². The maximum atomic E-state index is 12.5. The first-order chi connectivity index (χ1) is 14.0. The van der Waals surface area contributed by atoms with Crippen LogP contribution in [0.4, 0.5) is 0 Å². The Balaban J connectivity index is 1.63. The number of ether oxygens (including phenoxy) is 1. The summed E-state index contributed by atoms with van der Waals surface area (Å²) in [5, 5.41) is 5.54. The molecule has 1 heterocycles. The van der Waals surface area contributed by atoms with Crippen molar-refractivity contribution < 1.29 is 19.1 Å². The molecule has 1 aromatic rings. The standard InChI is InChI=1S/C20H24BrN3O4S/c21-15-9-5-4-8-14(15)18(26)23-20(29)24-11-10-22-19(27)16(24)12-17(25)28-13-6-2-1-3-7-13/h4-5,8-9,13,16H,1-3,6-7,10-12H2,(H,22,27)(H,23,26,29). The molecule has 0 spiro atoms. The minimum Gasteiger partial charge on any atom is -0.462 e. The number of amides is 2. The largest absolute Gasteiger partial charge is 0.462 e. The van der Waals surface area contributed by atoms with Crippen LogP contribution in [0.3, 0.4) is 0 Å². The number of rotatable bonds is 4. The van der Waals surface area contributed by atoms with E-state index in [-0.39, 0.29) is 29.5 Å². The Morgan fingerprint density at radius 2 is 1.97 bits per heavy atom. The van der Waals surface area contributed by atoms with Crippen molar-refractivity contribution in [3.8, 4) is 0 Å². The van der Waals surface area contributed by atoms with Crippen molar-refractivity contribution >= 4 is 51.0 Å². The van der Waals surface area contributed by atoms with Gasteiger partial charge in [-0.2, -0.15) is 0 Å². The smallest absolute Gasteiger partial charge is 0.308 e. The highest BCUT2D eigenvalue weighted by Gasteiger charge is 2.35. The van der Waals surface area contributed by atoms with Gasteiger partial charge in [-0.15, -0.1) is 0 Å². The van der Waals surface area contributed by atoms with E-state index in [9.17, 15) is 14.4 Å². The number of nitrogens with one attached hydrogen (secondary N) is 2. The number of esters is 1. The van der Waals surface area contributed by atoms with E-state index < -0.39 is 12.0 Å². The Hall–Kier alpha value is -2.00. The Kier molecular flexibility index (Phi) is 7.60. The number of carbonyl (C=O) groups excluding carboxylic acids is 3. The van der Waals surface area contributed by atoms with E-state index >= 15 is 0 Å². The Morgan fingerprint density at radius 1 is 1.24 bits per heavy atom. The normalized spacial score (nSPS) is 20.0. The van der Waals surface area contributed by atoms with Crippen molar-refractivity contribution in [2.24, 2.45) is 0 Å². The molecule has 1 aliphatic carbocycles. The maximum absolute atomic E-state index is 12.5. The Labute approximate surface area is 183 Å². The van der Waals surface area contributed by atoms with Crippen molar-refractivity contribution in [3.63, 3.8) is 0 Å². The van der Waals surface area contributed by atoms with Crippen LogP contribution in [-0.2, 0) is 14.3 Å². The summed E-state index contributed by atoms with van der Waals surface area (Å²) in [4.78, 5) is 39.0. The molecule has 1 aliphatic heterocycles. The maximum Gasteiger partial charge on any atom is 0.308 e. The lowest BCUT2D eigenvalue weighted by Gasteiger charge is -2.36. The number of halogens is 1. The summed E-state index contributed by atoms with van der Waals surface area (Å²) in [6, 6.07) is 6.19. The fourth-order valence-electron chi connectivity index (χ4n) is 3.62. The van der Waals surface area contributed by atoms with Crippen molar-refractivity contribution in [2.75, 3.05) is 13.1 Å². The molecule has 0 radical (unpaired) electrons. The molecule has 1 saturated heterocycles. The third-order valence-electron chi connectivity index (χ3n) is 5.14. The van der Waals surface area contributed by atoms with E-state index in [1.165, 1.54) is 6.42 Å². The van der Waals surface area contributed by atoms with Crippen molar-refractivity contribution in [1.82, 2.24) is 15.5 Å². The lowest BCUT2D eigenvalue weighted by molar-refractivity contribution is -0.153. The van der Waals surface area contributed by atoms with E-state index in [0.29, 0.717) is 23.1 Å². The summed E-state index contributed by atoms with van der Waals surface area (Å²) >= 11 is 8.73. The first-order valence-corrected chi connectivity index (χ1v) is 11.0. The van der Waals surface area contributed by atoms with Crippen molar-refractivity contribution in [1.29, 1.82) is 0 Å². The highest BCUT2D eigenvalue weighted by Crippen LogP contribution is 2.22. The van der Waals surface area contributed by atoms with E-state index in [1.807, 2.05) is 6.07 Å². The lowest BCUT2D eigenvalue weighted by atomic mass is 9.98. The molecule has 2 aliphatic rings. The van der Waals surface area contributed by atoms with Crippen LogP contribution in [0.2, 0.25) is 0 Å². The van der Waals surface area contributed by atoms with Crippen LogP contribution < -0.4 is 10.6 Å². The summed E-state index contributed by atoms with van der Waals surface area (Å²) in [7, 11) is 0. The molecule has 2 N–H and O–H groups in total. The number of benzene rings is 1. The molecule has 3 rings (SSSR count). The third kappa shape index (κ3) is 5.76. The van der Waals surface area contributed by atoms with Crippen LogP contribution in [0.15, 0.2) is 28.7 Å². The van der Waals surface area contributed by atoms with Crippen molar-refractivity contribution in [2.45, 2.75) is 50.7 Å². The molecule has 1 aromatic carbocycles. The van der Waals surface area contributed by atoms with Gasteiger partial charge in [-0.1, -0.05) is 18.6 Å². The molecule has 2 fully saturated rings. The van der Waals surface area contributed by atoms with Crippen LogP contribution in [0.25, 0.3) is 0 Å². The molecule has 156 valence electrons. The zero-order valence-electron chi connectivity index (χ0n) is 16.0. The van der Waals surface area contributed by atoms with Crippen LogP contribution >= 0.6 is 28.1 Å². The monoisotopic (exact) mass is 481 g/mol. The number of thiocarbonyl (C=S) groups is 1. The molecule has 1 atom stereocenters. The third-order valence-corrected chi connectivity index (χ3v) is 6.17. The fourth-order valence-corrected chi connectivity index (χ4v) is 4.39. The lowest BCUT2D eigenvalue weighted by Crippen LogP contribution is -2.60. The van der Waals surface area contributed by atoms with Crippen LogP contribution in [0.5, 0.6) is 0 Å². The van der Waals surface area contributed by atoms with E-state index in [4.69, 9.17) is 17.0 Å². The average molecular weight is 482 g/mol. The number of carbonyl (C=O) groups is 3. The highest BCUT2D eigenvalue weighted by molar-refractivity contribution is 9.10. The summed E-state index contributed by atoms with van der Waals surface area (Å²) in [6.07, 6.45) is 4.84. The van der Waals surface area contributed by atoms with Gasteiger partial charge in [0.05, 0.1) is 12.0 Å². The molecular formula is C20H24BrN3O4S. The van der Waals surface area contributed by atoms with Gasteiger partial charge in [0.1, 0.15) is 12.1 Å². The Morgan fingerprint density at radius 3 is 2.69 bits per heavy atom. The Bertz CT molecular complexity index is 798. The van der Waals surface area contributed by atoms with Gasteiger partial charge < -0.3 is 15.0 Å². The van der Waals surface area contributed by atoms with E-state index in [0.717, 1.165) is 25.7 Å². The van der Waals surface area contributed by atoms with Gasteiger partial charge >= 0.3 is 5.97 Å². The molecule has 9 heteroatoms. The zero-order valence-corrected chi connectivity index (χ0v) is 18.4. The second-order valence-corrected chi connectivity index (χ2v) is 8.43. The van der Waals surface area contributed by atoms with Gasteiger partial charge in [0, 0.05) is 17.6 Å².